The summed E-state index contributed by atoms with van der Waals surface area (Å²) >= 11 is 0. The fraction of sp³-hybridized carbons (Fsp3) is 0.440. The van der Waals surface area contributed by atoms with Crippen LogP contribution >= 0.6 is 0 Å². The van der Waals surface area contributed by atoms with E-state index in [4.69, 9.17) is 0 Å². The van der Waals surface area contributed by atoms with Gasteiger partial charge in [0.1, 0.15) is 0 Å². The first-order valence-electron chi connectivity index (χ1n) is 10.8. The summed E-state index contributed by atoms with van der Waals surface area (Å²) in [5.74, 6) is 1.54. The zero-order chi connectivity index (χ0) is 20.0. The normalized spacial score (nSPS) is 23.2. The Balaban J connectivity index is 1.33. The number of benzene rings is 1. The number of nitrogens with zero attached hydrogens (tertiary/aromatic N) is 2. The van der Waals surface area contributed by atoms with Crippen LogP contribution in [0.3, 0.4) is 0 Å². The van der Waals surface area contributed by atoms with Crippen LogP contribution in [0, 0.1) is 5.92 Å². The average molecular weight is 389 g/mol. The third kappa shape index (κ3) is 3.51. The highest BCUT2D eigenvalue weighted by molar-refractivity contribution is 5.94. The van der Waals surface area contributed by atoms with Gasteiger partial charge in [-0.25, -0.2) is 4.98 Å². The van der Waals surface area contributed by atoms with Gasteiger partial charge in [-0.05, 0) is 80.4 Å². The molecular formula is C25H28N2O2. The quantitative estimate of drug-likeness (QED) is 0.594. The molecule has 4 nitrogen and oxygen atoms in total. The number of hydrogen-bond donors (Lipinski definition) is 1. The van der Waals surface area contributed by atoms with E-state index in [0.717, 1.165) is 42.3 Å². The molecule has 0 unspecified atom stereocenters. The molecule has 2 fully saturated rings. The van der Waals surface area contributed by atoms with Crippen molar-refractivity contribution in [2.75, 3.05) is 0 Å². The van der Waals surface area contributed by atoms with Gasteiger partial charge in [0.25, 0.3) is 0 Å². The van der Waals surface area contributed by atoms with E-state index in [2.05, 4.69) is 29.4 Å². The maximum Gasteiger partial charge on any atom is 0.159 e. The minimum absolute atomic E-state index is 0.115. The summed E-state index contributed by atoms with van der Waals surface area (Å²) in [5.41, 5.74) is 5.59. The van der Waals surface area contributed by atoms with Crippen LogP contribution in [-0.4, -0.2) is 20.3 Å². The van der Waals surface area contributed by atoms with E-state index >= 15 is 0 Å². The Morgan fingerprint density at radius 1 is 1.03 bits per heavy atom. The molecule has 5 rings (SSSR count). The number of aromatic nitrogens is 2. The van der Waals surface area contributed by atoms with Crippen LogP contribution in [0.4, 0.5) is 0 Å². The lowest BCUT2D eigenvalue weighted by Crippen LogP contribution is -2.21. The van der Waals surface area contributed by atoms with Gasteiger partial charge in [0.15, 0.2) is 5.78 Å². The van der Waals surface area contributed by atoms with Crippen molar-refractivity contribution in [1.29, 1.82) is 0 Å². The van der Waals surface area contributed by atoms with Gasteiger partial charge in [-0.3, -0.25) is 4.79 Å². The molecule has 1 N–H and O–H groups in total. The topological polar surface area (TPSA) is 54.6 Å². The molecule has 2 aliphatic rings. The molecule has 0 saturated heterocycles. The number of imidazole rings is 1. The van der Waals surface area contributed by atoms with E-state index < -0.39 is 6.10 Å². The molecule has 1 atom stereocenters. The molecule has 4 heteroatoms. The monoisotopic (exact) mass is 388 g/mol. The summed E-state index contributed by atoms with van der Waals surface area (Å²) < 4.78 is 2.03. The van der Waals surface area contributed by atoms with Gasteiger partial charge in [0, 0.05) is 17.3 Å². The predicted octanol–water partition coefficient (Wildman–Crippen LogP) is 5.42. The number of carbonyl (C=O) groups is 1. The fourth-order valence-corrected chi connectivity index (χ4v) is 5.10. The molecule has 29 heavy (non-hydrogen) atoms. The van der Waals surface area contributed by atoms with Crippen molar-refractivity contribution in [3.8, 4) is 0 Å². The molecule has 2 aromatic heterocycles. The van der Waals surface area contributed by atoms with E-state index in [1.165, 1.54) is 24.0 Å². The lowest BCUT2D eigenvalue weighted by atomic mass is 9.74. The number of carbonyl (C=O) groups excluding carboxylic acids is 1. The lowest BCUT2D eigenvalue weighted by Gasteiger charge is -2.33. The van der Waals surface area contributed by atoms with E-state index in [1.54, 1.807) is 6.92 Å². The van der Waals surface area contributed by atoms with Crippen molar-refractivity contribution < 1.29 is 9.90 Å². The Hall–Kier alpha value is -2.46. The van der Waals surface area contributed by atoms with Crippen molar-refractivity contribution >= 4 is 11.3 Å². The summed E-state index contributed by atoms with van der Waals surface area (Å²) in [5, 5.41) is 11.4. The zero-order valence-electron chi connectivity index (χ0n) is 16.9. The van der Waals surface area contributed by atoms with Gasteiger partial charge in [-0.15, -0.1) is 0 Å². The molecule has 0 radical (unpaired) electrons. The molecule has 150 valence electrons. The van der Waals surface area contributed by atoms with Crippen LogP contribution in [-0.2, 0) is 0 Å². The van der Waals surface area contributed by atoms with Crippen LogP contribution < -0.4 is 0 Å². The van der Waals surface area contributed by atoms with Gasteiger partial charge in [0.05, 0.1) is 24.1 Å². The Morgan fingerprint density at radius 3 is 2.38 bits per heavy atom. The minimum atomic E-state index is -0.424. The fourth-order valence-electron chi connectivity index (χ4n) is 5.10. The predicted molar refractivity (Wildman–Crippen MR) is 113 cm³/mol. The van der Waals surface area contributed by atoms with Crippen molar-refractivity contribution in [3.63, 3.8) is 0 Å². The maximum atomic E-state index is 11.5. The first kappa shape index (κ1) is 18.6. The smallest absolute Gasteiger partial charge is 0.159 e. The van der Waals surface area contributed by atoms with E-state index in [0.29, 0.717) is 17.8 Å². The molecule has 3 aromatic rings. The van der Waals surface area contributed by atoms with Crippen LogP contribution in [0.5, 0.6) is 0 Å². The third-order valence-electron chi connectivity index (χ3n) is 6.99. The number of hydrogen-bond acceptors (Lipinski definition) is 3. The molecule has 2 heterocycles. The summed E-state index contributed by atoms with van der Waals surface area (Å²) in [7, 11) is 0. The van der Waals surface area contributed by atoms with E-state index in [1.807, 2.05) is 29.1 Å². The van der Waals surface area contributed by atoms with Crippen LogP contribution in [0.15, 0.2) is 49.1 Å². The number of fused-ring (bicyclic) bond motifs is 1. The summed E-state index contributed by atoms with van der Waals surface area (Å²) in [6.07, 6.45) is 12.1. The number of aliphatic hydroxyl groups excluding tert-OH is 1. The summed E-state index contributed by atoms with van der Waals surface area (Å²) in [4.78, 5) is 15.8. The van der Waals surface area contributed by atoms with Crippen LogP contribution in [0.2, 0.25) is 0 Å². The SMILES string of the molecule is CC(=O)c1ccc([C@H]2CC[C@H]([C@H](O)c3c(C4CC4)ccn4cncc34)CC2)cc1. The second kappa shape index (κ2) is 7.42. The molecular weight excluding hydrogens is 360 g/mol. The number of Topliss-reactive ketones (excluding diaryl/α,β-unsaturated/α-hetero) is 1. The molecule has 0 spiro atoms. The van der Waals surface area contributed by atoms with Gasteiger partial charge >= 0.3 is 0 Å². The second-order valence-corrected chi connectivity index (χ2v) is 8.88. The Morgan fingerprint density at radius 2 is 1.72 bits per heavy atom. The van der Waals surface area contributed by atoms with Gasteiger partial charge < -0.3 is 9.51 Å². The number of ketones is 1. The molecule has 2 saturated carbocycles. The Labute approximate surface area is 171 Å². The summed E-state index contributed by atoms with van der Waals surface area (Å²) in [6, 6.07) is 10.3. The van der Waals surface area contributed by atoms with Crippen LogP contribution in [0.25, 0.3) is 5.52 Å². The van der Waals surface area contributed by atoms with Gasteiger partial charge in [-0.1, -0.05) is 24.3 Å². The second-order valence-electron chi connectivity index (χ2n) is 8.88. The highest BCUT2D eigenvalue weighted by Crippen LogP contribution is 2.47. The average Bonchev–Trinajstić information content (AvgIpc) is 3.49. The van der Waals surface area contributed by atoms with E-state index in [-0.39, 0.29) is 5.78 Å². The van der Waals surface area contributed by atoms with Crippen molar-refractivity contribution in [3.05, 3.63) is 71.3 Å². The van der Waals surface area contributed by atoms with Crippen molar-refractivity contribution in [2.45, 2.75) is 63.4 Å². The Kier molecular flexibility index (Phi) is 4.75. The van der Waals surface area contributed by atoms with Gasteiger partial charge in [-0.2, -0.15) is 0 Å². The summed E-state index contributed by atoms with van der Waals surface area (Å²) in [6.45, 7) is 1.61. The number of aliphatic hydroxyl groups is 1. The van der Waals surface area contributed by atoms with Crippen LogP contribution in [0.1, 0.15) is 90.4 Å². The standard InChI is InChI=1S/C25H28N2O2/c1-16(28)17-2-4-18(5-3-17)19-6-10-21(11-7-19)25(29)24-22(20-8-9-20)12-13-27-15-26-14-23(24)27/h2-5,12-15,19-21,25,29H,6-11H2,1H3/t19-,21-,25-/m0/s1. The third-order valence-corrected chi connectivity index (χ3v) is 6.99. The molecule has 0 amide bonds. The molecule has 1 aromatic carbocycles. The largest absolute Gasteiger partial charge is 0.388 e. The van der Waals surface area contributed by atoms with Crippen molar-refractivity contribution in [2.24, 2.45) is 5.92 Å². The number of rotatable bonds is 5. The minimum Gasteiger partial charge on any atom is -0.388 e. The highest BCUT2D eigenvalue weighted by atomic mass is 16.3. The number of pyridine rings is 1. The zero-order valence-corrected chi connectivity index (χ0v) is 16.9. The molecule has 0 aliphatic heterocycles. The Bertz CT molecular complexity index is 1020. The maximum absolute atomic E-state index is 11.5. The highest BCUT2D eigenvalue weighted by Gasteiger charge is 2.34. The first-order valence-corrected chi connectivity index (χ1v) is 10.8. The first-order chi connectivity index (χ1) is 14.1. The van der Waals surface area contributed by atoms with Gasteiger partial charge in [0.2, 0.25) is 0 Å². The molecule has 2 aliphatic carbocycles. The van der Waals surface area contributed by atoms with E-state index in [9.17, 15) is 9.90 Å². The van der Waals surface area contributed by atoms with Crippen molar-refractivity contribution in [1.82, 2.24) is 9.38 Å². The lowest BCUT2D eigenvalue weighted by molar-refractivity contribution is 0.0810. The molecule has 0 bridgehead atoms.